The number of likely N-dealkylation sites (N-methyl/N-ethyl adjacent to an activating group) is 1. The van der Waals surface area contributed by atoms with E-state index in [1.54, 1.807) is 37.7 Å². The van der Waals surface area contributed by atoms with Crippen molar-refractivity contribution in [1.29, 1.82) is 0 Å². The Morgan fingerprint density at radius 2 is 1.22 bits per heavy atom. The van der Waals surface area contributed by atoms with Crippen LogP contribution in [0, 0.1) is 0 Å². The number of fused-ring (bicyclic) bond motifs is 4. The van der Waals surface area contributed by atoms with Gasteiger partial charge in [-0.25, -0.2) is 20.1 Å². The fourth-order valence-corrected chi connectivity index (χ4v) is 7.39. The smallest absolute Gasteiger partial charge is 0.138 e. The molecule has 10 nitrogen and oxygen atoms in total. The number of hydrogen-bond acceptors (Lipinski definition) is 12. The highest BCUT2D eigenvalue weighted by atomic mass is 32.2. The minimum absolute atomic E-state index is 0.716. The maximum absolute atomic E-state index is 5.35. The third-order valence-corrected chi connectivity index (χ3v) is 9.64. The van der Waals surface area contributed by atoms with Crippen LogP contribution in [0.5, 0.6) is 0 Å². The SMILES string of the molecule is CCCN1CC(C)=C(SC)C2=C1N1CN(OC)C=C1C=N2.CCN1CC(C)=C(SC)C2=C1N1CN(OC)C=C1C=N2. The average molecular weight is 599 g/mol. The summed E-state index contributed by atoms with van der Waals surface area (Å²) >= 11 is 3.57. The summed E-state index contributed by atoms with van der Waals surface area (Å²) in [6.07, 6.45) is 13.2. The van der Waals surface area contributed by atoms with Crippen molar-refractivity contribution in [3.63, 3.8) is 0 Å². The summed E-state index contributed by atoms with van der Waals surface area (Å²) in [7, 11) is 3.39. The van der Waals surface area contributed by atoms with E-state index in [0.717, 1.165) is 62.1 Å². The molecule has 0 amide bonds. The molecule has 12 heteroatoms. The summed E-state index contributed by atoms with van der Waals surface area (Å²) in [5.74, 6) is 2.43. The van der Waals surface area contributed by atoms with Gasteiger partial charge in [0.15, 0.2) is 0 Å². The molecule has 0 saturated heterocycles. The maximum atomic E-state index is 5.35. The number of allylic oxidation sites excluding steroid dienone is 2. The molecule has 0 N–H and O–H groups in total. The number of thioether (sulfide) groups is 2. The van der Waals surface area contributed by atoms with Gasteiger partial charge in [0.05, 0.1) is 50.4 Å². The molecule has 0 aromatic heterocycles. The zero-order chi connectivity index (χ0) is 29.3. The van der Waals surface area contributed by atoms with Crippen LogP contribution in [-0.2, 0) is 9.68 Å². The Bertz CT molecular complexity index is 1310. The van der Waals surface area contributed by atoms with Crippen LogP contribution in [0.4, 0.5) is 0 Å². The highest BCUT2D eigenvalue weighted by molar-refractivity contribution is 8.02. The molecular formula is C29H42N8O2S2. The number of hydrogen-bond donors (Lipinski definition) is 0. The summed E-state index contributed by atoms with van der Waals surface area (Å²) in [5, 5.41) is 3.67. The summed E-state index contributed by atoms with van der Waals surface area (Å²) < 4.78 is 0. The Morgan fingerprint density at radius 1 is 0.756 bits per heavy atom. The van der Waals surface area contributed by atoms with E-state index in [1.807, 2.05) is 35.0 Å². The average Bonchev–Trinajstić information content (AvgIpc) is 3.61. The zero-order valence-electron chi connectivity index (χ0n) is 25.5. The molecule has 0 fully saturated rings. The van der Waals surface area contributed by atoms with Gasteiger partial charge in [-0.3, -0.25) is 9.68 Å². The lowest BCUT2D eigenvalue weighted by molar-refractivity contribution is -0.0971. The van der Waals surface area contributed by atoms with E-state index in [-0.39, 0.29) is 0 Å². The minimum atomic E-state index is 0.716. The Labute approximate surface area is 253 Å². The third-order valence-electron chi connectivity index (χ3n) is 7.74. The normalized spacial score (nSPS) is 21.4. The van der Waals surface area contributed by atoms with Gasteiger partial charge in [0.2, 0.25) is 0 Å². The van der Waals surface area contributed by atoms with Crippen molar-refractivity contribution >= 4 is 36.0 Å². The van der Waals surface area contributed by atoms with Crippen LogP contribution in [-0.4, -0.2) is 108 Å². The lowest BCUT2D eigenvalue weighted by atomic mass is 10.1. The zero-order valence-corrected chi connectivity index (χ0v) is 27.1. The van der Waals surface area contributed by atoms with E-state index in [0.29, 0.717) is 6.67 Å². The van der Waals surface area contributed by atoms with Gasteiger partial charge in [0, 0.05) is 36.0 Å². The fraction of sp³-hybridized carbons (Fsp3) is 0.517. The summed E-state index contributed by atoms with van der Waals surface area (Å²) in [6.45, 7) is 14.2. The van der Waals surface area contributed by atoms with Crippen LogP contribution in [0.2, 0.25) is 0 Å². The van der Waals surface area contributed by atoms with Crippen molar-refractivity contribution < 1.29 is 9.68 Å². The van der Waals surface area contributed by atoms with Gasteiger partial charge in [0.25, 0.3) is 0 Å². The molecule has 0 atom stereocenters. The predicted octanol–water partition coefficient (Wildman–Crippen LogP) is 4.77. The summed E-state index contributed by atoms with van der Waals surface area (Å²) in [6, 6.07) is 0. The number of nitrogens with zero attached hydrogens (tertiary/aromatic N) is 8. The quantitative estimate of drug-likeness (QED) is 0.410. The van der Waals surface area contributed by atoms with Crippen LogP contribution in [0.15, 0.2) is 77.8 Å². The molecule has 0 spiro atoms. The second kappa shape index (κ2) is 12.6. The molecule has 6 aliphatic heterocycles. The van der Waals surface area contributed by atoms with Gasteiger partial charge in [-0.2, -0.15) is 0 Å². The Balaban J connectivity index is 0.000000165. The van der Waals surface area contributed by atoms with Gasteiger partial charge in [-0.05, 0) is 50.8 Å². The molecular weight excluding hydrogens is 557 g/mol. The Morgan fingerprint density at radius 3 is 1.63 bits per heavy atom. The highest BCUT2D eigenvalue weighted by Crippen LogP contribution is 2.41. The monoisotopic (exact) mass is 598 g/mol. The van der Waals surface area contributed by atoms with Gasteiger partial charge >= 0.3 is 0 Å². The van der Waals surface area contributed by atoms with Crippen molar-refractivity contribution in [2.24, 2.45) is 9.98 Å². The first kappa shape index (κ1) is 29.7. The van der Waals surface area contributed by atoms with Crippen molar-refractivity contribution in [2.45, 2.75) is 34.1 Å². The van der Waals surface area contributed by atoms with Crippen molar-refractivity contribution in [1.82, 2.24) is 29.7 Å². The van der Waals surface area contributed by atoms with Crippen LogP contribution < -0.4 is 0 Å². The number of aliphatic imine (C=N–C) groups is 2. The highest BCUT2D eigenvalue weighted by Gasteiger charge is 2.36. The molecule has 0 aromatic rings. The van der Waals surface area contributed by atoms with Gasteiger partial charge < -0.3 is 19.6 Å². The second-order valence-electron chi connectivity index (χ2n) is 10.4. The molecule has 6 aliphatic rings. The van der Waals surface area contributed by atoms with E-state index >= 15 is 0 Å². The number of rotatable bonds is 7. The summed E-state index contributed by atoms with van der Waals surface area (Å²) in [5.41, 5.74) is 7.18. The van der Waals surface area contributed by atoms with Gasteiger partial charge in [-0.1, -0.05) is 6.92 Å². The molecule has 0 unspecified atom stereocenters. The summed E-state index contributed by atoms with van der Waals surface area (Å²) in [4.78, 5) is 32.1. The standard InChI is InChI=1S/C15H22N4OS.C14H20N4OS/c1-5-6-17-8-11(2)14(21-4)13-15(17)19-10-18(20-3)9-12(19)7-16-13;1-5-16-7-10(2)13(20-4)12-14(16)18-9-17(19-3)8-11(18)6-15-12/h7,9H,5-6,8,10H2,1-4H3;6,8H,5,7,9H2,1-4H3. The lowest BCUT2D eigenvalue weighted by Gasteiger charge is -2.40. The molecule has 41 heavy (non-hydrogen) atoms. The van der Waals surface area contributed by atoms with E-state index in [4.69, 9.17) is 19.7 Å². The molecule has 0 aromatic carbocycles. The number of hydroxylamine groups is 4. The lowest BCUT2D eigenvalue weighted by Crippen LogP contribution is -2.42. The molecule has 0 bridgehead atoms. The second-order valence-corrected chi connectivity index (χ2v) is 12.0. The third kappa shape index (κ3) is 5.42. The van der Waals surface area contributed by atoms with Crippen LogP contribution in [0.1, 0.15) is 34.1 Å². The first-order chi connectivity index (χ1) is 19.9. The van der Waals surface area contributed by atoms with Crippen molar-refractivity contribution in [2.75, 3.05) is 66.2 Å². The maximum Gasteiger partial charge on any atom is 0.138 e. The van der Waals surface area contributed by atoms with E-state index in [1.165, 1.54) is 32.6 Å². The minimum Gasteiger partial charge on any atom is -0.352 e. The topological polar surface area (TPSA) is 62.6 Å². The van der Waals surface area contributed by atoms with Crippen molar-refractivity contribution in [3.05, 3.63) is 67.8 Å². The first-order valence-electron chi connectivity index (χ1n) is 14.0. The van der Waals surface area contributed by atoms with E-state index < -0.39 is 0 Å². The molecule has 6 heterocycles. The predicted molar refractivity (Wildman–Crippen MR) is 170 cm³/mol. The van der Waals surface area contributed by atoms with E-state index in [9.17, 15) is 0 Å². The molecule has 6 rings (SSSR count). The van der Waals surface area contributed by atoms with E-state index in [2.05, 4.69) is 59.8 Å². The Kier molecular flexibility index (Phi) is 9.12. The molecule has 0 radical (unpaired) electrons. The largest absolute Gasteiger partial charge is 0.352 e. The first-order valence-corrected chi connectivity index (χ1v) is 16.5. The van der Waals surface area contributed by atoms with Crippen LogP contribution in [0.3, 0.4) is 0 Å². The Hall–Kier alpha value is -2.80. The fourth-order valence-electron chi connectivity index (χ4n) is 5.89. The van der Waals surface area contributed by atoms with Crippen LogP contribution in [0.25, 0.3) is 0 Å². The molecule has 0 saturated carbocycles. The van der Waals surface area contributed by atoms with Crippen molar-refractivity contribution in [3.8, 4) is 0 Å². The van der Waals surface area contributed by atoms with Gasteiger partial charge in [-0.15, -0.1) is 23.5 Å². The van der Waals surface area contributed by atoms with Gasteiger partial charge in [0.1, 0.15) is 36.4 Å². The molecule has 222 valence electrons. The molecule has 0 aliphatic carbocycles. The van der Waals surface area contributed by atoms with Crippen LogP contribution >= 0.6 is 23.5 Å².